The highest BCUT2D eigenvalue weighted by Gasteiger charge is 2.00. The fraction of sp³-hybridized carbons (Fsp3) is 0.0769. The van der Waals surface area contributed by atoms with Crippen molar-refractivity contribution in [2.75, 3.05) is 0 Å². The van der Waals surface area contributed by atoms with Crippen LogP contribution in [-0.2, 0) is 6.32 Å². The Kier molecular flexibility index (Phi) is 3.47. The standard InChI is InChI=1S/C13H11BCl/c15-13-9-5-4-6-11(13)10-14-12-7-2-1-3-8-12/h1-9H,10H2. The number of benzene rings is 2. The molecule has 0 nitrogen and oxygen atoms in total. The molecule has 0 aliphatic rings. The van der Waals surface area contributed by atoms with Gasteiger partial charge in [0.15, 0.2) is 7.28 Å². The molecule has 2 aromatic carbocycles. The first kappa shape index (κ1) is 10.3. The summed E-state index contributed by atoms with van der Waals surface area (Å²) < 4.78 is 0. The first-order valence-electron chi connectivity index (χ1n) is 4.98. The van der Waals surface area contributed by atoms with Crippen molar-refractivity contribution in [3.05, 3.63) is 65.2 Å². The zero-order chi connectivity index (χ0) is 10.5. The minimum absolute atomic E-state index is 0.838. The molecule has 15 heavy (non-hydrogen) atoms. The van der Waals surface area contributed by atoms with E-state index in [4.69, 9.17) is 11.6 Å². The molecule has 0 N–H and O–H groups in total. The molecule has 0 amide bonds. The highest BCUT2D eigenvalue weighted by Crippen LogP contribution is 2.14. The Labute approximate surface area is 96.1 Å². The van der Waals surface area contributed by atoms with E-state index >= 15 is 0 Å². The lowest BCUT2D eigenvalue weighted by molar-refractivity contribution is 1.39. The molecule has 0 heterocycles. The number of hydrogen-bond donors (Lipinski definition) is 0. The molecule has 0 aliphatic carbocycles. The maximum atomic E-state index is 6.07. The first-order valence-corrected chi connectivity index (χ1v) is 5.36. The molecule has 2 rings (SSSR count). The average molecular weight is 213 g/mol. The van der Waals surface area contributed by atoms with Gasteiger partial charge in [0, 0.05) is 5.02 Å². The second-order valence-electron chi connectivity index (χ2n) is 3.41. The third kappa shape index (κ3) is 2.87. The summed E-state index contributed by atoms with van der Waals surface area (Å²) in [6.07, 6.45) is 0.879. The molecule has 0 bridgehead atoms. The molecule has 1 radical (unpaired) electrons. The van der Waals surface area contributed by atoms with E-state index in [1.54, 1.807) is 0 Å². The van der Waals surface area contributed by atoms with Crippen LogP contribution in [0.4, 0.5) is 0 Å². The van der Waals surface area contributed by atoms with Crippen LogP contribution in [0.3, 0.4) is 0 Å². The Morgan fingerprint density at radius 3 is 2.27 bits per heavy atom. The SMILES string of the molecule is Clc1ccccc1C[B]c1ccccc1. The van der Waals surface area contributed by atoms with Gasteiger partial charge in [0.1, 0.15) is 0 Å². The zero-order valence-corrected chi connectivity index (χ0v) is 9.11. The van der Waals surface area contributed by atoms with Crippen molar-refractivity contribution in [3.63, 3.8) is 0 Å². The van der Waals surface area contributed by atoms with Gasteiger partial charge in [0.2, 0.25) is 0 Å². The Morgan fingerprint density at radius 1 is 0.867 bits per heavy atom. The van der Waals surface area contributed by atoms with Crippen LogP contribution < -0.4 is 5.46 Å². The Bertz CT molecular complexity index is 426. The third-order valence-corrected chi connectivity index (χ3v) is 2.68. The fourth-order valence-corrected chi connectivity index (χ4v) is 1.69. The lowest BCUT2D eigenvalue weighted by Gasteiger charge is -2.02. The van der Waals surface area contributed by atoms with Crippen LogP contribution in [-0.4, -0.2) is 7.28 Å². The molecule has 0 aliphatic heterocycles. The second-order valence-corrected chi connectivity index (χ2v) is 3.82. The van der Waals surface area contributed by atoms with E-state index in [9.17, 15) is 0 Å². The highest BCUT2D eigenvalue weighted by atomic mass is 35.5. The van der Waals surface area contributed by atoms with Gasteiger partial charge >= 0.3 is 0 Å². The summed E-state index contributed by atoms with van der Waals surface area (Å²) in [6.45, 7) is 0. The normalized spacial score (nSPS) is 9.93. The van der Waals surface area contributed by atoms with Crippen LogP contribution in [0.5, 0.6) is 0 Å². The predicted molar refractivity (Wildman–Crippen MR) is 67.0 cm³/mol. The lowest BCUT2D eigenvalue weighted by atomic mass is 9.65. The maximum Gasteiger partial charge on any atom is 0.156 e. The van der Waals surface area contributed by atoms with Crippen LogP contribution in [0.25, 0.3) is 0 Å². The van der Waals surface area contributed by atoms with Gasteiger partial charge in [-0.05, 0) is 17.9 Å². The molecule has 73 valence electrons. The van der Waals surface area contributed by atoms with Crippen LogP contribution >= 0.6 is 11.6 Å². The zero-order valence-electron chi connectivity index (χ0n) is 8.36. The van der Waals surface area contributed by atoms with Crippen molar-refractivity contribution in [3.8, 4) is 0 Å². The van der Waals surface area contributed by atoms with E-state index in [0.29, 0.717) is 0 Å². The Balaban J connectivity index is 2.03. The highest BCUT2D eigenvalue weighted by molar-refractivity contribution is 6.53. The topological polar surface area (TPSA) is 0 Å². The molecule has 2 aromatic rings. The minimum Gasteiger partial charge on any atom is -0.0874 e. The summed E-state index contributed by atoms with van der Waals surface area (Å²) in [5, 5.41) is 0.838. The van der Waals surface area contributed by atoms with Gasteiger partial charge in [-0.3, -0.25) is 0 Å². The Hall–Kier alpha value is -1.21. The van der Waals surface area contributed by atoms with Gasteiger partial charge in [-0.15, -0.1) is 0 Å². The third-order valence-electron chi connectivity index (χ3n) is 2.32. The predicted octanol–water partition coefficient (Wildman–Crippen LogP) is 2.87. The van der Waals surface area contributed by atoms with Crippen molar-refractivity contribution in [2.45, 2.75) is 6.32 Å². The van der Waals surface area contributed by atoms with Crippen LogP contribution in [0.15, 0.2) is 54.6 Å². The molecule has 0 saturated carbocycles. The minimum atomic E-state index is 0.838. The van der Waals surface area contributed by atoms with Gasteiger partial charge in [-0.25, -0.2) is 0 Å². The molecule has 0 spiro atoms. The van der Waals surface area contributed by atoms with Crippen LogP contribution in [0.2, 0.25) is 5.02 Å². The van der Waals surface area contributed by atoms with E-state index < -0.39 is 0 Å². The van der Waals surface area contributed by atoms with Crippen molar-refractivity contribution in [2.24, 2.45) is 0 Å². The van der Waals surface area contributed by atoms with E-state index in [1.165, 1.54) is 11.0 Å². The van der Waals surface area contributed by atoms with E-state index in [2.05, 4.69) is 25.5 Å². The monoisotopic (exact) mass is 213 g/mol. The molecule has 0 atom stereocenters. The molecule has 0 saturated heterocycles. The fourth-order valence-electron chi connectivity index (χ4n) is 1.48. The summed E-state index contributed by atoms with van der Waals surface area (Å²) >= 11 is 6.07. The van der Waals surface area contributed by atoms with Crippen molar-refractivity contribution >= 4 is 24.3 Å². The molecule has 0 unspecified atom stereocenters. The summed E-state index contributed by atoms with van der Waals surface area (Å²) in [4.78, 5) is 0. The quantitative estimate of drug-likeness (QED) is 0.688. The largest absolute Gasteiger partial charge is 0.156 e. The van der Waals surface area contributed by atoms with E-state index in [1.807, 2.05) is 36.4 Å². The molecule has 0 fully saturated rings. The van der Waals surface area contributed by atoms with Gasteiger partial charge in [0.05, 0.1) is 0 Å². The second kappa shape index (κ2) is 5.04. The molecular weight excluding hydrogens is 202 g/mol. The molecular formula is C13H11BCl. The number of hydrogen-bond acceptors (Lipinski definition) is 0. The lowest BCUT2D eigenvalue weighted by Crippen LogP contribution is -2.15. The molecule has 0 aromatic heterocycles. The number of halogens is 1. The van der Waals surface area contributed by atoms with Gasteiger partial charge in [-0.2, -0.15) is 0 Å². The summed E-state index contributed by atoms with van der Waals surface area (Å²) in [7, 11) is 2.18. The van der Waals surface area contributed by atoms with Crippen LogP contribution in [0, 0.1) is 0 Å². The van der Waals surface area contributed by atoms with Gasteiger partial charge in [0.25, 0.3) is 0 Å². The van der Waals surface area contributed by atoms with Crippen molar-refractivity contribution in [1.82, 2.24) is 0 Å². The first-order chi connectivity index (χ1) is 7.36. The molecule has 2 heteroatoms. The summed E-state index contributed by atoms with van der Waals surface area (Å²) in [5.41, 5.74) is 2.40. The van der Waals surface area contributed by atoms with Gasteiger partial charge in [-0.1, -0.05) is 65.6 Å². The average Bonchev–Trinajstić information content (AvgIpc) is 2.29. The summed E-state index contributed by atoms with van der Waals surface area (Å²) in [5.74, 6) is 0. The van der Waals surface area contributed by atoms with Gasteiger partial charge < -0.3 is 0 Å². The van der Waals surface area contributed by atoms with E-state index in [0.717, 1.165) is 11.3 Å². The maximum absolute atomic E-state index is 6.07. The van der Waals surface area contributed by atoms with Crippen LogP contribution in [0.1, 0.15) is 5.56 Å². The van der Waals surface area contributed by atoms with Crippen molar-refractivity contribution in [1.29, 1.82) is 0 Å². The van der Waals surface area contributed by atoms with Crippen molar-refractivity contribution < 1.29 is 0 Å². The summed E-state index contributed by atoms with van der Waals surface area (Å²) in [6, 6.07) is 18.2. The number of rotatable bonds is 3. The Morgan fingerprint density at radius 2 is 1.53 bits per heavy atom. The smallest absolute Gasteiger partial charge is 0.0874 e. The van der Waals surface area contributed by atoms with E-state index in [-0.39, 0.29) is 0 Å².